The lowest BCUT2D eigenvalue weighted by Gasteiger charge is -2.13. The van der Waals surface area contributed by atoms with E-state index in [2.05, 4.69) is 65.1 Å². The van der Waals surface area contributed by atoms with E-state index in [9.17, 15) is 0 Å². The molecule has 0 saturated heterocycles. The molecule has 1 aliphatic carbocycles. The van der Waals surface area contributed by atoms with Crippen LogP contribution >= 0.6 is 27.7 Å². The molecule has 1 nitrogen and oxygen atoms in total. The van der Waals surface area contributed by atoms with E-state index in [-0.39, 0.29) is 0 Å². The zero-order valence-electron chi connectivity index (χ0n) is 11.2. The summed E-state index contributed by atoms with van der Waals surface area (Å²) in [4.78, 5) is 0. The summed E-state index contributed by atoms with van der Waals surface area (Å²) in [6.45, 7) is 5.38. The maximum absolute atomic E-state index is 3.70. The monoisotopic (exact) mass is 327 g/mol. The molecule has 1 fully saturated rings. The SMILES string of the molecule is CCSC1CCC(NCc2ccc(C)c(Br)c2)C1. The molecular weight excluding hydrogens is 306 g/mol. The van der Waals surface area contributed by atoms with Crippen molar-refractivity contribution in [2.24, 2.45) is 0 Å². The van der Waals surface area contributed by atoms with Gasteiger partial charge in [-0.25, -0.2) is 0 Å². The Morgan fingerprint density at radius 1 is 1.39 bits per heavy atom. The van der Waals surface area contributed by atoms with Crippen molar-refractivity contribution in [3.8, 4) is 0 Å². The topological polar surface area (TPSA) is 12.0 Å². The first-order valence-corrected chi connectivity index (χ1v) is 8.63. The van der Waals surface area contributed by atoms with Crippen molar-refractivity contribution in [2.75, 3.05) is 5.75 Å². The van der Waals surface area contributed by atoms with Crippen LogP contribution in [0.25, 0.3) is 0 Å². The fourth-order valence-corrected chi connectivity index (χ4v) is 4.09. The van der Waals surface area contributed by atoms with E-state index in [4.69, 9.17) is 0 Å². The summed E-state index contributed by atoms with van der Waals surface area (Å²) in [6, 6.07) is 7.36. The third-order valence-electron chi connectivity index (χ3n) is 3.62. The molecule has 0 aromatic heterocycles. The molecule has 0 aliphatic heterocycles. The zero-order chi connectivity index (χ0) is 13.0. The number of benzene rings is 1. The fraction of sp³-hybridized carbons (Fsp3) is 0.600. The highest BCUT2D eigenvalue weighted by Gasteiger charge is 2.23. The summed E-state index contributed by atoms with van der Waals surface area (Å²) in [5, 5.41) is 4.59. The van der Waals surface area contributed by atoms with E-state index >= 15 is 0 Å². The second-order valence-corrected chi connectivity index (χ2v) is 7.48. The Kier molecular flexibility index (Phi) is 5.58. The average Bonchev–Trinajstić information content (AvgIpc) is 2.79. The first-order valence-electron chi connectivity index (χ1n) is 6.79. The first kappa shape index (κ1) is 14.4. The predicted molar refractivity (Wildman–Crippen MR) is 85.3 cm³/mol. The molecule has 2 rings (SSSR count). The Bertz CT molecular complexity index is 394. The number of hydrogen-bond donors (Lipinski definition) is 1. The van der Waals surface area contributed by atoms with Crippen LogP contribution in [0.15, 0.2) is 22.7 Å². The molecule has 1 aromatic rings. The third-order valence-corrected chi connectivity index (χ3v) is 5.71. The highest BCUT2D eigenvalue weighted by molar-refractivity contribution is 9.10. The molecule has 3 heteroatoms. The number of halogens is 1. The van der Waals surface area contributed by atoms with Crippen LogP contribution in [0.2, 0.25) is 0 Å². The number of aryl methyl sites for hydroxylation is 1. The van der Waals surface area contributed by atoms with Crippen LogP contribution in [0.5, 0.6) is 0 Å². The van der Waals surface area contributed by atoms with Crippen molar-refractivity contribution >= 4 is 27.7 Å². The quantitative estimate of drug-likeness (QED) is 0.853. The molecule has 0 radical (unpaired) electrons. The fourth-order valence-electron chi connectivity index (χ4n) is 2.52. The normalized spacial score (nSPS) is 23.5. The number of hydrogen-bond acceptors (Lipinski definition) is 2. The van der Waals surface area contributed by atoms with E-state index in [1.165, 1.54) is 40.6 Å². The van der Waals surface area contributed by atoms with E-state index in [1.54, 1.807) is 0 Å². The standard InChI is InChI=1S/C15H22BrNS/c1-3-18-14-7-6-13(9-14)17-10-12-5-4-11(2)15(16)8-12/h4-5,8,13-14,17H,3,6-7,9-10H2,1-2H3. The van der Waals surface area contributed by atoms with Crippen LogP contribution in [0.3, 0.4) is 0 Å². The maximum atomic E-state index is 3.70. The van der Waals surface area contributed by atoms with Crippen LogP contribution < -0.4 is 5.32 Å². The maximum Gasteiger partial charge on any atom is 0.0208 e. The molecule has 0 bridgehead atoms. The van der Waals surface area contributed by atoms with Gasteiger partial charge in [0.25, 0.3) is 0 Å². The van der Waals surface area contributed by atoms with Crippen LogP contribution in [0.4, 0.5) is 0 Å². The molecule has 0 heterocycles. The van der Waals surface area contributed by atoms with Gasteiger partial charge in [0.1, 0.15) is 0 Å². The van der Waals surface area contributed by atoms with Crippen molar-refractivity contribution in [2.45, 2.75) is 50.9 Å². The van der Waals surface area contributed by atoms with Crippen LogP contribution in [0, 0.1) is 6.92 Å². The molecule has 2 unspecified atom stereocenters. The Balaban J connectivity index is 1.80. The molecular formula is C15H22BrNS. The van der Waals surface area contributed by atoms with Gasteiger partial charge in [0.2, 0.25) is 0 Å². The van der Waals surface area contributed by atoms with Crippen LogP contribution in [-0.4, -0.2) is 17.0 Å². The third kappa shape index (κ3) is 4.01. The lowest BCUT2D eigenvalue weighted by atomic mass is 10.1. The van der Waals surface area contributed by atoms with Crippen molar-refractivity contribution in [1.29, 1.82) is 0 Å². The van der Waals surface area contributed by atoms with Crippen molar-refractivity contribution in [1.82, 2.24) is 5.32 Å². The zero-order valence-corrected chi connectivity index (χ0v) is 13.6. The van der Waals surface area contributed by atoms with E-state index in [0.717, 1.165) is 11.8 Å². The molecule has 2 atom stereocenters. The van der Waals surface area contributed by atoms with Gasteiger partial charge in [0.05, 0.1) is 0 Å². The molecule has 0 spiro atoms. The average molecular weight is 328 g/mol. The minimum Gasteiger partial charge on any atom is -0.310 e. The lowest BCUT2D eigenvalue weighted by Crippen LogP contribution is -2.26. The summed E-state index contributed by atoms with van der Waals surface area (Å²) in [6.07, 6.45) is 4.06. The number of rotatable bonds is 5. The minimum atomic E-state index is 0.717. The highest BCUT2D eigenvalue weighted by atomic mass is 79.9. The molecule has 1 saturated carbocycles. The molecule has 100 valence electrons. The minimum absolute atomic E-state index is 0.717. The van der Waals surface area contributed by atoms with Gasteiger partial charge in [-0.1, -0.05) is 35.0 Å². The Morgan fingerprint density at radius 2 is 2.22 bits per heavy atom. The van der Waals surface area contributed by atoms with E-state index < -0.39 is 0 Å². The largest absolute Gasteiger partial charge is 0.310 e. The molecule has 1 aliphatic rings. The summed E-state index contributed by atoms with van der Waals surface area (Å²) in [7, 11) is 0. The van der Waals surface area contributed by atoms with Gasteiger partial charge >= 0.3 is 0 Å². The highest BCUT2D eigenvalue weighted by Crippen LogP contribution is 2.29. The smallest absolute Gasteiger partial charge is 0.0208 e. The predicted octanol–water partition coefficient (Wildman–Crippen LogP) is 4.52. The van der Waals surface area contributed by atoms with Gasteiger partial charge in [-0.15, -0.1) is 0 Å². The van der Waals surface area contributed by atoms with Gasteiger partial charge in [-0.2, -0.15) is 11.8 Å². The summed E-state index contributed by atoms with van der Waals surface area (Å²) in [5.41, 5.74) is 2.68. The second-order valence-electron chi connectivity index (χ2n) is 5.05. The van der Waals surface area contributed by atoms with Crippen LogP contribution in [-0.2, 0) is 6.54 Å². The Morgan fingerprint density at radius 3 is 2.94 bits per heavy atom. The lowest BCUT2D eigenvalue weighted by molar-refractivity contribution is 0.525. The van der Waals surface area contributed by atoms with Gasteiger partial charge in [0, 0.05) is 22.3 Å². The number of nitrogens with one attached hydrogen (secondary N) is 1. The van der Waals surface area contributed by atoms with Crippen molar-refractivity contribution in [3.63, 3.8) is 0 Å². The summed E-state index contributed by atoms with van der Waals surface area (Å²) in [5.74, 6) is 1.25. The summed E-state index contributed by atoms with van der Waals surface area (Å²) < 4.78 is 1.22. The van der Waals surface area contributed by atoms with Gasteiger partial charge in [0.15, 0.2) is 0 Å². The van der Waals surface area contributed by atoms with Crippen molar-refractivity contribution in [3.05, 3.63) is 33.8 Å². The van der Waals surface area contributed by atoms with Gasteiger partial charge < -0.3 is 5.32 Å². The Hall–Kier alpha value is 0.01000. The molecule has 18 heavy (non-hydrogen) atoms. The number of thioether (sulfide) groups is 1. The van der Waals surface area contributed by atoms with E-state index in [0.29, 0.717) is 6.04 Å². The molecule has 1 aromatic carbocycles. The van der Waals surface area contributed by atoms with E-state index in [1.807, 2.05) is 0 Å². The first-order chi connectivity index (χ1) is 8.69. The van der Waals surface area contributed by atoms with Gasteiger partial charge in [-0.05, 0) is 49.1 Å². The van der Waals surface area contributed by atoms with Gasteiger partial charge in [-0.3, -0.25) is 0 Å². The Labute approximate surface area is 123 Å². The molecule has 1 N–H and O–H groups in total. The summed E-state index contributed by atoms with van der Waals surface area (Å²) >= 11 is 5.72. The molecule has 0 amide bonds. The van der Waals surface area contributed by atoms with Crippen LogP contribution in [0.1, 0.15) is 37.3 Å². The van der Waals surface area contributed by atoms with Crippen molar-refractivity contribution < 1.29 is 0 Å². The second kappa shape index (κ2) is 6.97.